The monoisotopic (exact) mass is 306 g/mol. The number of carbonyl (C=O) groups excluding carboxylic acids is 1. The maximum atomic E-state index is 12.7. The van der Waals surface area contributed by atoms with Crippen molar-refractivity contribution in [2.45, 2.75) is 58.2 Å². The van der Waals surface area contributed by atoms with Crippen LogP contribution in [0.5, 0.6) is 0 Å². The number of nitrogens with one attached hydrogen (secondary N) is 2. The summed E-state index contributed by atoms with van der Waals surface area (Å²) in [5.74, 6) is 0.624. The third kappa shape index (κ3) is 3.91. The number of anilines is 1. The minimum Gasteiger partial charge on any atom is -0.347 e. The van der Waals surface area contributed by atoms with Gasteiger partial charge in [0, 0.05) is 18.6 Å². The number of piperazine rings is 1. The minimum absolute atomic E-state index is 0.109. The highest BCUT2D eigenvalue weighted by molar-refractivity contribution is 5.86. The molecule has 0 saturated carbocycles. The highest BCUT2D eigenvalue weighted by atomic mass is 16.2. The largest absolute Gasteiger partial charge is 0.347 e. The van der Waals surface area contributed by atoms with Crippen molar-refractivity contribution >= 4 is 11.9 Å². The van der Waals surface area contributed by atoms with Crippen LogP contribution in [0.4, 0.5) is 5.95 Å². The molecule has 1 aliphatic heterocycles. The molecule has 2 N–H and O–H groups in total. The second-order valence-electron chi connectivity index (χ2n) is 7.77. The first-order valence-electron chi connectivity index (χ1n) is 7.50. The summed E-state index contributed by atoms with van der Waals surface area (Å²) in [7, 11) is 0. The van der Waals surface area contributed by atoms with Crippen LogP contribution in [0.3, 0.4) is 0 Å². The van der Waals surface area contributed by atoms with Gasteiger partial charge in [0.1, 0.15) is 12.7 Å². The molecular formula is C15H26N6O. The number of carbonyl (C=O) groups is 1. The Morgan fingerprint density at radius 1 is 1.27 bits per heavy atom. The van der Waals surface area contributed by atoms with Crippen LogP contribution < -0.4 is 10.6 Å². The van der Waals surface area contributed by atoms with Crippen LogP contribution in [-0.4, -0.2) is 55.5 Å². The topological polar surface area (TPSA) is 83.0 Å². The Morgan fingerprint density at radius 3 is 2.45 bits per heavy atom. The first kappa shape index (κ1) is 16.6. The Morgan fingerprint density at radius 2 is 1.86 bits per heavy atom. The lowest BCUT2D eigenvalue weighted by Gasteiger charge is -2.49. The fourth-order valence-corrected chi connectivity index (χ4v) is 3.13. The highest BCUT2D eigenvalue weighted by Gasteiger charge is 2.44. The zero-order chi connectivity index (χ0) is 16.6. The van der Waals surface area contributed by atoms with Crippen molar-refractivity contribution < 1.29 is 4.79 Å². The lowest BCUT2D eigenvalue weighted by Crippen LogP contribution is -2.71. The molecule has 1 aromatic heterocycles. The van der Waals surface area contributed by atoms with E-state index in [1.54, 1.807) is 0 Å². The lowest BCUT2D eigenvalue weighted by molar-refractivity contribution is -0.144. The molecule has 0 spiro atoms. The molecule has 22 heavy (non-hydrogen) atoms. The van der Waals surface area contributed by atoms with E-state index >= 15 is 0 Å². The number of hydrogen-bond donors (Lipinski definition) is 2. The van der Waals surface area contributed by atoms with Crippen LogP contribution in [0.15, 0.2) is 12.7 Å². The molecule has 0 aliphatic carbocycles. The van der Waals surface area contributed by atoms with Crippen LogP contribution in [0.25, 0.3) is 0 Å². The van der Waals surface area contributed by atoms with E-state index in [0.29, 0.717) is 19.0 Å². The van der Waals surface area contributed by atoms with Gasteiger partial charge in [0.2, 0.25) is 11.9 Å². The van der Waals surface area contributed by atoms with Crippen molar-refractivity contribution in [2.75, 3.05) is 18.4 Å². The molecule has 7 nitrogen and oxygen atoms in total. The van der Waals surface area contributed by atoms with Gasteiger partial charge in [-0.3, -0.25) is 10.1 Å². The van der Waals surface area contributed by atoms with Gasteiger partial charge in [-0.2, -0.15) is 0 Å². The molecule has 1 aliphatic rings. The predicted molar refractivity (Wildman–Crippen MR) is 85.4 cm³/mol. The maximum absolute atomic E-state index is 12.7. The second kappa shape index (κ2) is 5.46. The molecule has 2 rings (SSSR count). The Labute approximate surface area is 131 Å². The summed E-state index contributed by atoms with van der Waals surface area (Å²) in [6.07, 6.45) is 2.90. The normalized spacial score (nSPS) is 20.8. The summed E-state index contributed by atoms with van der Waals surface area (Å²) in [6.45, 7) is 13.4. The Bertz CT molecular complexity index is 540. The fourth-order valence-electron chi connectivity index (χ4n) is 3.13. The van der Waals surface area contributed by atoms with Gasteiger partial charge in [-0.25, -0.2) is 15.0 Å². The van der Waals surface area contributed by atoms with E-state index < -0.39 is 5.54 Å². The standard InChI is InChI=1S/C15H26N6O/c1-13(2,19-12-17-9-16-10-18-12)7-21-8-14(3,4)20-15(5,6)11(21)22/h9-10,20H,7-8H2,1-6H3,(H,16,17,18,19). The molecule has 0 bridgehead atoms. The molecule has 1 aromatic rings. The van der Waals surface area contributed by atoms with E-state index in [4.69, 9.17) is 0 Å². The molecule has 1 saturated heterocycles. The number of aromatic nitrogens is 3. The summed E-state index contributed by atoms with van der Waals surface area (Å²) in [5.41, 5.74) is -1.04. The lowest BCUT2D eigenvalue weighted by atomic mass is 9.89. The molecule has 2 heterocycles. The summed E-state index contributed by atoms with van der Waals surface area (Å²) in [4.78, 5) is 26.5. The third-order valence-electron chi connectivity index (χ3n) is 3.59. The van der Waals surface area contributed by atoms with Crippen molar-refractivity contribution in [1.29, 1.82) is 0 Å². The van der Waals surface area contributed by atoms with Gasteiger partial charge in [-0.15, -0.1) is 0 Å². The zero-order valence-corrected chi connectivity index (χ0v) is 14.3. The SMILES string of the molecule is CC(C)(CN1CC(C)(C)NC(C)(C)C1=O)Nc1ncncn1. The quantitative estimate of drug-likeness (QED) is 0.865. The van der Waals surface area contributed by atoms with Crippen LogP contribution in [0.2, 0.25) is 0 Å². The predicted octanol–water partition coefficient (Wildman–Crippen LogP) is 1.05. The molecule has 0 radical (unpaired) electrons. The Hall–Kier alpha value is -1.76. The van der Waals surface area contributed by atoms with E-state index in [2.05, 4.69) is 39.4 Å². The van der Waals surface area contributed by atoms with E-state index in [1.165, 1.54) is 12.7 Å². The van der Waals surface area contributed by atoms with Crippen LogP contribution >= 0.6 is 0 Å². The van der Waals surface area contributed by atoms with Gasteiger partial charge in [-0.1, -0.05) is 0 Å². The molecule has 0 unspecified atom stereocenters. The zero-order valence-electron chi connectivity index (χ0n) is 14.3. The number of hydrogen-bond acceptors (Lipinski definition) is 6. The van der Waals surface area contributed by atoms with Crippen LogP contribution in [0.1, 0.15) is 41.5 Å². The maximum Gasteiger partial charge on any atom is 0.242 e. The van der Waals surface area contributed by atoms with Crippen molar-refractivity contribution in [3.05, 3.63) is 12.7 Å². The molecule has 0 aromatic carbocycles. The average Bonchev–Trinajstić information content (AvgIpc) is 2.34. The molecule has 7 heteroatoms. The Balaban J connectivity index is 2.12. The van der Waals surface area contributed by atoms with Gasteiger partial charge < -0.3 is 10.2 Å². The average molecular weight is 306 g/mol. The number of nitrogens with zero attached hydrogens (tertiary/aromatic N) is 4. The van der Waals surface area contributed by atoms with Gasteiger partial charge in [0.05, 0.1) is 11.1 Å². The first-order valence-corrected chi connectivity index (χ1v) is 7.50. The summed E-state index contributed by atoms with van der Waals surface area (Å²) in [6, 6.07) is 0. The molecule has 1 fully saturated rings. The van der Waals surface area contributed by atoms with Gasteiger partial charge >= 0.3 is 0 Å². The van der Waals surface area contributed by atoms with E-state index in [0.717, 1.165) is 0 Å². The van der Waals surface area contributed by atoms with Crippen molar-refractivity contribution in [3.8, 4) is 0 Å². The van der Waals surface area contributed by atoms with Gasteiger partial charge in [0.15, 0.2) is 0 Å². The van der Waals surface area contributed by atoms with E-state index in [9.17, 15) is 4.79 Å². The van der Waals surface area contributed by atoms with E-state index in [-0.39, 0.29) is 17.0 Å². The first-order chi connectivity index (χ1) is 10.0. The highest BCUT2D eigenvalue weighted by Crippen LogP contribution is 2.24. The second-order valence-corrected chi connectivity index (χ2v) is 7.77. The van der Waals surface area contributed by atoms with Crippen molar-refractivity contribution in [1.82, 2.24) is 25.2 Å². The van der Waals surface area contributed by atoms with E-state index in [1.807, 2.05) is 32.6 Å². The molecule has 122 valence electrons. The van der Waals surface area contributed by atoms with Crippen LogP contribution in [-0.2, 0) is 4.79 Å². The summed E-state index contributed by atoms with van der Waals surface area (Å²) in [5, 5.41) is 6.67. The molecular weight excluding hydrogens is 280 g/mol. The minimum atomic E-state index is -0.564. The van der Waals surface area contributed by atoms with Crippen LogP contribution in [0, 0.1) is 0 Å². The summed E-state index contributed by atoms with van der Waals surface area (Å²) >= 11 is 0. The summed E-state index contributed by atoms with van der Waals surface area (Å²) < 4.78 is 0. The third-order valence-corrected chi connectivity index (χ3v) is 3.59. The molecule has 0 atom stereocenters. The fraction of sp³-hybridized carbons (Fsp3) is 0.733. The smallest absolute Gasteiger partial charge is 0.242 e. The van der Waals surface area contributed by atoms with Gasteiger partial charge in [-0.05, 0) is 41.5 Å². The number of rotatable bonds is 4. The van der Waals surface area contributed by atoms with Crippen molar-refractivity contribution in [2.24, 2.45) is 0 Å². The number of amides is 1. The van der Waals surface area contributed by atoms with Gasteiger partial charge in [0.25, 0.3) is 0 Å². The Kier molecular flexibility index (Phi) is 4.12. The molecule has 1 amide bonds. The van der Waals surface area contributed by atoms with Crippen molar-refractivity contribution in [3.63, 3.8) is 0 Å².